The summed E-state index contributed by atoms with van der Waals surface area (Å²) >= 11 is 3.34. The van der Waals surface area contributed by atoms with E-state index < -0.39 is 0 Å². The number of aliphatic hydroxyl groups is 1. The first-order valence-electron chi connectivity index (χ1n) is 6.04. The second kappa shape index (κ2) is 6.04. The molecule has 2 amide bonds. The van der Waals surface area contributed by atoms with E-state index in [1.807, 2.05) is 6.07 Å². The average Bonchev–Trinajstić information content (AvgIpc) is 2.42. The van der Waals surface area contributed by atoms with E-state index in [4.69, 9.17) is 5.26 Å². The minimum atomic E-state index is -0.308. The molecule has 19 heavy (non-hydrogen) atoms. The highest BCUT2D eigenvalue weighted by Gasteiger charge is 2.21. The Kier molecular flexibility index (Phi) is 4.40. The summed E-state index contributed by atoms with van der Waals surface area (Å²) in [6.07, 6.45) is 0.900. The van der Waals surface area contributed by atoms with E-state index in [2.05, 4.69) is 21.2 Å². The smallest absolute Gasteiger partial charge is 0.321 e. The number of carbonyl (C=O) groups is 1. The zero-order valence-electron chi connectivity index (χ0n) is 10.3. The molecule has 0 spiro atoms. The number of hydrogen-bond acceptors (Lipinski definition) is 3. The minimum Gasteiger partial charge on any atom is -0.393 e. The summed E-state index contributed by atoms with van der Waals surface area (Å²) in [4.78, 5) is 13.7. The molecule has 1 aromatic carbocycles. The van der Waals surface area contributed by atoms with Crippen molar-refractivity contribution in [1.82, 2.24) is 4.90 Å². The second-order valence-electron chi connectivity index (χ2n) is 4.45. The van der Waals surface area contributed by atoms with Gasteiger partial charge >= 0.3 is 6.03 Å². The number of urea groups is 1. The van der Waals surface area contributed by atoms with Gasteiger partial charge in [0.2, 0.25) is 0 Å². The first-order chi connectivity index (χ1) is 9.10. The lowest BCUT2D eigenvalue weighted by molar-refractivity contribution is 0.0972. The van der Waals surface area contributed by atoms with Crippen molar-refractivity contribution >= 4 is 27.6 Å². The number of carbonyl (C=O) groups excluding carboxylic acids is 1. The lowest BCUT2D eigenvalue weighted by atomic mass is 10.1. The third kappa shape index (κ3) is 3.46. The number of anilines is 1. The Morgan fingerprint density at radius 3 is 2.79 bits per heavy atom. The van der Waals surface area contributed by atoms with Gasteiger partial charge in [-0.3, -0.25) is 0 Å². The van der Waals surface area contributed by atoms with Crippen LogP contribution in [0.3, 0.4) is 0 Å². The number of nitrogens with zero attached hydrogens (tertiary/aromatic N) is 2. The van der Waals surface area contributed by atoms with Crippen molar-refractivity contribution in [3.63, 3.8) is 0 Å². The van der Waals surface area contributed by atoms with Gasteiger partial charge in [-0.15, -0.1) is 0 Å². The molecule has 0 radical (unpaired) electrons. The van der Waals surface area contributed by atoms with Gasteiger partial charge in [0.25, 0.3) is 0 Å². The summed E-state index contributed by atoms with van der Waals surface area (Å²) in [5, 5.41) is 21.0. The SMILES string of the molecule is N#Cc1ccc(Br)c(NC(=O)N2CCC(O)CC2)c1. The van der Waals surface area contributed by atoms with E-state index in [0.717, 1.165) is 4.47 Å². The van der Waals surface area contributed by atoms with E-state index >= 15 is 0 Å². The summed E-state index contributed by atoms with van der Waals surface area (Å²) in [5.41, 5.74) is 1.07. The Labute approximate surface area is 120 Å². The number of likely N-dealkylation sites (tertiary alicyclic amines) is 1. The van der Waals surface area contributed by atoms with Gasteiger partial charge in [-0.05, 0) is 47.0 Å². The lowest BCUT2D eigenvalue weighted by Crippen LogP contribution is -2.42. The molecule has 0 aliphatic carbocycles. The fraction of sp³-hybridized carbons (Fsp3) is 0.385. The number of piperidine rings is 1. The number of nitriles is 1. The van der Waals surface area contributed by atoms with Crippen LogP contribution in [0.15, 0.2) is 22.7 Å². The van der Waals surface area contributed by atoms with Crippen LogP contribution in [0.25, 0.3) is 0 Å². The first kappa shape index (κ1) is 13.8. The van der Waals surface area contributed by atoms with Crippen LogP contribution in [0.1, 0.15) is 18.4 Å². The predicted octanol–water partition coefficient (Wildman–Crippen LogP) is 2.31. The van der Waals surface area contributed by atoms with Gasteiger partial charge in [0.15, 0.2) is 0 Å². The van der Waals surface area contributed by atoms with Crippen LogP contribution in [0.4, 0.5) is 10.5 Å². The second-order valence-corrected chi connectivity index (χ2v) is 5.31. The Morgan fingerprint density at radius 2 is 2.16 bits per heavy atom. The van der Waals surface area contributed by atoms with Crippen LogP contribution in [0.2, 0.25) is 0 Å². The monoisotopic (exact) mass is 323 g/mol. The highest BCUT2D eigenvalue weighted by atomic mass is 79.9. The Morgan fingerprint density at radius 1 is 1.47 bits per heavy atom. The maximum atomic E-state index is 12.1. The molecule has 0 unspecified atom stereocenters. The minimum absolute atomic E-state index is 0.206. The fourth-order valence-corrected chi connectivity index (χ4v) is 2.30. The standard InChI is InChI=1S/C13H14BrN3O2/c14-11-2-1-9(8-15)7-12(11)16-13(19)17-5-3-10(18)4-6-17/h1-2,7,10,18H,3-6H2,(H,16,19). The number of amides is 2. The predicted molar refractivity (Wildman–Crippen MR) is 74.7 cm³/mol. The topological polar surface area (TPSA) is 76.4 Å². The Bertz CT molecular complexity index is 519. The summed E-state index contributed by atoms with van der Waals surface area (Å²) < 4.78 is 0.733. The van der Waals surface area contributed by atoms with Gasteiger partial charge in [0, 0.05) is 17.6 Å². The molecule has 0 aromatic heterocycles. The van der Waals surface area contributed by atoms with Crippen LogP contribution in [-0.2, 0) is 0 Å². The van der Waals surface area contributed by atoms with Gasteiger partial charge < -0.3 is 15.3 Å². The maximum Gasteiger partial charge on any atom is 0.321 e. The van der Waals surface area contributed by atoms with Crippen molar-refractivity contribution in [2.24, 2.45) is 0 Å². The molecule has 100 valence electrons. The highest BCUT2D eigenvalue weighted by Crippen LogP contribution is 2.24. The van der Waals surface area contributed by atoms with E-state index in [1.54, 1.807) is 23.1 Å². The van der Waals surface area contributed by atoms with E-state index in [1.165, 1.54) is 0 Å². The molecule has 6 heteroatoms. The lowest BCUT2D eigenvalue weighted by Gasteiger charge is -2.29. The van der Waals surface area contributed by atoms with Crippen molar-refractivity contribution in [1.29, 1.82) is 5.26 Å². The maximum absolute atomic E-state index is 12.1. The molecule has 0 bridgehead atoms. The molecule has 5 nitrogen and oxygen atoms in total. The molecule has 0 saturated carbocycles. The third-order valence-electron chi connectivity index (χ3n) is 3.09. The molecule has 2 N–H and O–H groups in total. The van der Waals surface area contributed by atoms with Gasteiger partial charge in [0.1, 0.15) is 0 Å². The van der Waals surface area contributed by atoms with Crippen LogP contribution in [0, 0.1) is 11.3 Å². The fourth-order valence-electron chi connectivity index (χ4n) is 1.95. The van der Waals surface area contributed by atoms with Gasteiger partial charge in [-0.1, -0.05) is 0 Å². The largest absolute Gasteiger partial charge is 0.393 e. The number of halogens is 1. The van der Waals surface area contributed by atoms with Crippen LogP contribution in [-0.4, -0.2) is 35.2 Å². The average molecular weight is 324 g/mol. The zero-order chi connectivity index (χ0) is 13.8. The summed E-state index contributed by atoms with van der Waals surface area (Å²) in [5.74, 6) is 0. The summed E-state index contributed by atoms with van der Waals surface area (Å²) in [7, 11) is 0. The molecular weight excluding hydrogens is 310 g/mol. The first-order valence-corrected chi connectivity index (χ1v) is 6.83. The van der Waals surface area contributed by atoms with Crippen molar-refractivity contribution in [2.45, 2.75) is 18.9 Å². The van der Waals surface area contributed by atoms with Gasteiger partial charge in [-0.2, -0.15) is 5.26 Å². The van der Waals surface area contributed by atoms with Crippen LogP contribution >= 0.6 is 15.9 Å². The Hall–Kier alpha value is -1.58. The van der Waals surface area contributed by atoms with Crippen molar-refractivity contribution < 1.29 is 9.90 Å². The van der Waals surface area contributed by atoms with Crippen molar-refractivity contribution in [2.75, 3.05) is 18.4 Å². The quantitative estimate of drug-likeness (QED) is 0.832. The van der Waals surface area contributed by atoms with Crippen molar-refractivity contribution in [3.8, 4) is 6.07 Å². The van der Waals surface area contributed by atoms with E-state index in [0.29, 0.717) is 37.2 Å². The third-order valence-corrected chi connectivity index (χ3v) is 3.78. The highest BCUT2D eigenvalue weighted by molar-refractivity contribution is 9.10. The number of aliphatic hydroxyl groups excluding tert-OH is 1. The van der Waals surface area contributed by atoms with Crippen LogP contribution in [0.5, 0.6) is 0 Å². The summed E-state index contributed by atoms with van der Waals surface area (Å²) in [6, 6.07) is 6.86. The molecule has 1 fully saturated rings. The number of nitrogens with one attached hydrogen (secondary N) is 1. The van der Waals surface area contributed by atoms with E-state index in [-0.39, 0.29) is 12.1 Å². The number of benzene rings is 1. The zero-order valence-corrected chi connectivity index (χ0v) is 11.9. The molecule has 1 aliphatic rings. The molecule has 2 rings (SSSR count). The van der Waals surface area contributed by atoms with Crippen LogP contribution < -0.4 is 5.32 Å². The molecule has 1 aliphatic heterocycles. The molecule has 1 aromatic rings. The normalized spacial score (nSPS) is 15.9. The molecule has 1 saturated heterocycles. The van der Waals surface area contributed by atoms with Gasteiger partial charge in [-0.25, -0.2) is 4.79 Å². The summed E-state index contributed by atoms with van der Waals surface area (Å²) in [6.45, 7) is 1.09. The van der Waals surface area contributed by atoms with Crippen molar-refractivity contribution in [3.05, 3.63) is 28.2 Å². The number of rotatable bonds is 1. The molecule has 0 atom stereocenters. The van der Waals surface area contributed by atoms with E-state index in [9.17, 15) is 9.90 Å². The van der Waals surface area contributed by atoms with Gasteiger partial charge in [0.05, 0.1) is 23.4 Å². The molecular formula is C13H14BrN3O2. The number of hydrogen-bond donors (Lipinski definition) is 2. The molecule has 1 heterocycles. The Balaban J connectivity index is 2.05.